The van der Waals surface area contributed by atoms with Gasteiger partial charge in [-0.1, -0.05) is 27.2 Å². The van der Waals surface area contributed by atoms with E-state index in [0.717, 1.165) is 64.6 Å². The van der Waals surface area contributed by atoms with Crippen molar-refractivity contribution in [2.45, 2.75) is 71.2 Å². The number of rotatable bonds is 5. The minimum atomic E-state index is -0.254. The van der Waals surface area contributed by atoms with Crippen molar-refractivity contribution in [3.63, 3.8) is 0 Å². The fraction of sp³-hybridized carbons (Fsp3) is 1.00. The highest BCUT2D eigenvalue weighted by Gasteiger charge is 2.46. The van der Waals surface area contributed by atoms with Crippen LogP contribution in [-0.2, 0) is 14.2 Å². The highest BCUT2D eigenvalue weighted by atomic mass is 16.7. The van der Waals surface area contributed by atoms with Crippen molar-refractivity contribution in [1.29, 1.82) is 0 Å². The van der Waals surface area contributed by atoms with E-state index in [1.54, 1.807) is 0 Å². The minimum absolute atomic E-state index is 0.254. The van der Waals surface area contributed by atoms with Crippen LogP contribution in [0.4, 0.5) is 0 Å². The van der Waals surface area contributed by atoms with Crippen LogP contribution in [0.25, 0.3) is 0 Å². The van der Waals surface area contributed by atoms with Crippen LogP contribution < -0.4 is 0 Å². The zero-order chi connectivity index (χ0) is 16.3. The highest BCUT2D eigenvalue weighted by Crippen LogP contribution is 2.47. The molecule has 4 nitrogen and oxygen atoms in total. The van der Waals surface area contributed by atoms with E-state index < -0.39 is 0 Å². The number of hydrogen-bond donors (Lipinski definition) is 0. The van der Waals surface area contributed by atoms with Crippen molar-refractivity contribution < 1.29 is 14.2 Å². The van der Waals surface area contributed by atoms with Crippen molar-refractivity contribution in [1.82, 2.24) is 4.90 Å². The van der Waals surface area contributed by atoms with Crippen LogP contribution in [0.1, 0.15) is 59.3 Å². The van der Waals surface area contributed by atoms with Gasteiger partial charge >= 0.3 is 0 Å². The molecule has 1 spiro atoms. The lowest BCUT2D eigenvalue weighted by molar-refractivity contribution is -0.197. The second-order valence-electron chi connectivity index (χ2n) is 8.32. The van der Waals surface area contributed by atoms with E-state index in [9.17, 15) is 0 Å². The van der Waals surface area contributed by atoms with E-state index in [2.05, 4.69) is 25.7 Å². The molecule has 0 amide bonds. The monoisotopic (exact) mass is 325 g/mol. The topological polar surface area (TPSA) is 30.9 Å². The summed E-state index contributed by atoms with van der Waals surface area (Å²) in [5.41, 5.74) is 0.454. The molecule has 3 rings (SSSR count). The molecule has 2 saturated heterocycles. The summed E-state index contributed by atoms with van der Waals surface area (Å²) in [5, 5.41) is 0. The van der Waals surface area contributed by atoms with Crippen LogP contribution in [0.2, 0.25) is 0 Å². The summed E-state index contributed by atoms with van der Waals surface area (Å²) in [7, 11) is 0. The fourth-order valence-electron chi connectivity index (χ4n) is 4.30. The van der Waals surface area contributed by atoms with Gasteiger partial charge in [-0.3, -0.25) is 4.90 Å². The third-order valence-corrected chi connectivity index (χ3v) is 6.55. The Morgan fingerprint density at radius 3 is 2.48 bits per heavy atom. The molecule has 23 heavy (non-hydrogen) atoms. The van der Waals surface area contributed by atoms with Crippen LogP contribution in [0.5, 0.6) is 0 Å². The van der Waals surface area contributed by atoms with Gasteiger partial charge in [0.2, 0.25) is 0 Å². The Morgan fingerprint density at radius 1 is 1.13 bits per heavy atom. The van der Waals surface area contributed by atoms with Crippen molar-refractivity contribution in [3.8, 4) is 0 Å². The first kappa shape index (κ1) is 17.7. The molecule has 0 aromatic heterocycles. The molecular weight excluding hydrogens is 290 g/mol. The lowest BCUT2D eigenvalue weighted by atomic mass is 9.68. The third kappa shape index (κ3) is 4.28. The molecule has 134 valence electrons. The van der Waals surface area contributed by atoms with Gasteiger partial charge in [0.15, 0.2) is 5.79 Å². The van der Waals surface area contributed by atoms with Crippen LogP contribution in [0, 0.1) is 11.3 Å². The smallest absolute Gasteiger partial charge is 0.168 e. The van der Waals surface area contributed by atoms with Gasteiger partial charge in [-0.15, -0.1) is 0 Å². The number of ether oxygens (including phenoxy) is 3. The van der Waals surface area contributed by atoms with E-state index in [0.29, 0.717) is 5.41 Å². The molecule has 4 heteroatoms. The summed E-state index contributed by atoms with van der Waals surface area (Å²) >= 11 is 0. The first-order valence-corrected chi connectivity index (χ1v) is 9.65. The van der Waals surface area contributed by atoms with Crippen molar-refractivity contribution >= 4 is 0 Å². The molecule has 0 N–H and O–H groups in total. The molecule has 3 aliphatic rings. The van der Waals surface area contributed by atoms with Crippen LogP contribution in [0.3, 0.4) is 0 Å². The minimum Gasteiger partial charge on any atom is -0.379 e. The molecule has 1 saturated carbocycles. The normalized spacial score (nSPS) is 36.7. The summed E-state index contributed by atoms with van der Waals surface area (Å²) in [6.45, 7) is 12.9. The second kappa shape index (κ2) is 7.38. The van der Waals surface area contributed by atoms with Crippen LogP contribution >= 0.6 is 0 Å². The zero-order valence-electron chi connectivity index (χ0n) is 15.3. The second-order valence-corrected chi connectivity index (χ2v) is 8.32. The molecule has 0 aromatic rings. The number of nitrogens with zero attached hydrogens (tertiary/aromatic N) is 1. The first-order valence-electron chi connectivity index (χ1n) is 9.65. The average molecular weight is 325 g/mol. The summed E-state index contributed by atoms with van der Waals surface area (Å²) in [4.78, 5) is 2.48. The van der Waals surface area contributed by atoms with Gasteiger partial charge in [0.05, 0.1) is 25.9 Å². The van der Waals surface area contributed by atoms with Crippen molar-refractivity contribution in [3.05, 3.63) is 0 Å². The summed E-state index contributed by atoms with van der Waals surface area (Å²) in [6.07, 6.45) is 7.28. The Hall–Kier alpha value is -0.160. The zero-order valence-corrected chi connectivity index (χ0v) is 15.3. The van der Waals surface area contributed by atoms with E-state index in [1.165, 1.54) is 19.3 Å². The van der Waals surface area contributed by atoms with Crippen molar-refractivity contribution in [2.24, 2.45) is 11.3 Å². The molecule has 0 radical (unpaired) electrons. The summed E-state index contributed by atoms with van der Waals surface area (Å²) in [5.74, 6) is 0.563. The van der Waals surface area contributed by atoms with E-state index in [4.69, 9.17) is 14.2 Å². The Bertz CT molecular complexity index is 371. The molecule has 1 unspecified atom stereocenters. The predicted molar refractivity (Wildman–Crippen MR) is 91.5 cm³/mol. The molecule has 1 aliphatic carbocycles. The van der Waals surface area contributed by atoms with Gasteiger partial charge in [0.1, 0.15) is 0 Å². The maximum Gasteiger partial charge on any atom is 0.168 e. The average Bonchev–Trinajstić information content (AvgIpc) is 2.97. The SMILES string of the molecule is CCC(C)(C)C1CCC2(CC1)OCC(CCN1CCOCC1)O2. The lowest BCUT2D eigenvalue weighted by Crippen LogP contribution is -2.40. The summed E-state index contributed by atoms with van der Waals surface area (Å²) < 4.78 is 18.0. The number of morpholine rings is 1. The molecule has 0 bridgehead atoms. The summed E-state index contributed by atoms with van der Waals surface area (Å²) in [6, 6.07) is 0. The van der Waals surface area contributed by atoms with Crippen LogP contribution in [-0.4, -0.2) is 56.2 Å². The van der Waals surface area contributed by atoms with Gasteiger partial charge in [-0.05, 0) is 30.6 Å². The van der Waals surface area contributed by atoms with E-state index in [1.807, 2.05) is 0 Å². The standard InChI is InChI=1S/C19H35NO3/c1-4-18(2,3)16-5-8-19(9-6-16)22-15-17(23-19)7-10-20-11-13-21-14-12-20/h16-17H,4-15H2,1-3H3. The van der Waals surface area contributed by atoms with Gasteiger partial charge in [0.25, 0.3) is 0 Å². The van der Waals surface area contributed by atoms with E-state index >= 15 is 0 Å². The highest BCUT2D eigenvalue weighted by molar-refractivity contribution is 4.89. The van der Waals surface area contributed by atoms with Gasteiger partial charge < -0.3 is 14.2 Å². The van der Waals surface area contributed by atoms with E-state index in [-0.39, 0.29) is 11.9 Å². The van der Waals surface area contributed by atoms with Gasteiger partial charge in [0, 0.05) is 32.5 Å². The Labute approximate surface area is 141 Å². The maximum atomic E-state index is 6.40. The molecule has 2 aliphatic heterocycles. The Kier molecular flexibility index (Phi) is 5.67. The maximum absolute atomic E-state index is 6.40. The fourth-order valence-corrected chi connectivity index (χ4v) is 4.30. The first-order chi connectivity index (χ1) is 11.0. The Balaban J connectivity index is 1.42. The Morgan fingerprint density at radius 2 is 1.83 bits per heavy atom. The van der Waals surface area contributed by atoms with Crippen LogP contribution in [0.15, 0.2) is 0 Å². The van der Waals surface area contributed by atoms with Gasteiger partial charge in [-0.25, -0.2) is 0 Å². The molecule has 1 atom stereocenters. The van der Waals surface area contributed by atoms with Crippen molar-refractivity contribution in [2.75, 3.05) is 39.5 Å². The predicted octanol–water partition coefficient (Wildman–Crippen LogP) is 3.45. The largest absolute Gasteiger partial charge is 0.379 e. The molecular formula is C19H35NO3. The quantitative estimate of drug-likeness (QED) is 0.775. The number of hydrogen-bond acceptors (Lipinski definition) is 4. The third-order valence-electron chi connectivity index (χ3n) is 6.55. The molecule has 2 heterocycles. The molecule has 3 fully saturated rings. The van der Waals surface area contributed by atoms with Gasteiger partial charge in [-0.2, -0.15) is 0 Å². The molecule has 0 aromatic carbocycles. The lowest BCUT2D eigenvalue weighted by Gasteiger charge is -2.42.